The van der Waals surface area contributed by atoms with Crippen molar-refractivity contribution in [3.63, 3.8) is 0 Å². The number of hydrogen-bond donors (Lipinski definition) is 2. The largest absolute Gasteiger partial charge is 0.336 e. The normalized spacial score (nSPS) is 21.7. The lowest BCUT2D eigenvalue weighted by molar-refractivity contribution is 0.139. The molecule has 1 atom stereocenters. The SMILES string of the molecule is O=C(Nc1ccc(F)cc1)N1CCCC(N2CCNC2=O)C1. The van der Waals surface area contributed by atoms with Crippen molar-refractivity contribution in [1.29, 1.82) is 0 Å². The van der Waals surface area contributed by atoms with E-state index < -0.39 is 0 Å². The number of benzene rings is 1. The maximum Gasteiger partial charge on any atom is 0.321 e. The minimum absolute atomic E-state index is 0.0502. The van der Waals surface area contributed by atoms with Crippen LogP contribution < -0.4 is 10.6 Å². The van der Waals surface area contributed by atoms with E-state index in [1.807, 2.05) is 0 Å². The second kappa shape index (κ2) is 6.21. The van der Waals surface area contributed by atoms with E-state index in [-0.39, 0.29) is 23.9 Å². The molecule has 0 saturated carbocycles. The van der Waals surface area contributed by atoms with Gasteiger partial charge in [-0.1, -0.05) is 0 Å². The van der Waals surface area contributed by atoms with Crippen molar-refractivity contribution in [1.82, 2.24) is 15.1 Å². The Morgan fingerprint density at radius 1 is 1.27 bits per heavy atom. The average Bonchev–Trinajstić information content (AvgIpc) is 2.96. The van der Waals surface area contributed by atoms with Gasteiger partial charge in [0.25, 0.3) is 0 Å². The number of amides is 4. The zero-order valence-corrected chi connectivity index (χ0v) is 12.2. The first-order chi connectivity index (χ1) is 10.6. The molecule has 0 aromatic heterocycles. The molecule has 2 fully saturated rings. The minimum atomic E-state index is -0.337. The van der Waals surface area contributed by atoms with Crippen LogP contribution in [0.4, 0.5) is 19.7 Å². The van der Waals surface area contributed by atoms with E-state index in [2.05, 4.69) is 10.6 Å². The standard InChI is InChI=1S/C15H19FN4O2/c16-11-3-5-12(6-4-11)18-15(22)19-8-1-2-13(10-19)20-9-7-17-14(20)21/h3-6,13H,1-2,7-10H2,(H,17,21)(H,18,22). The molecule has 118 valence electrons. The van der Waals surface area contributed by atoms with E-state index in [9.17, 15) is 14.0 Å². The highest BCUT2D eigenvalue weighted by Gasteiger charge is 2.32. The molecule has 2 N–H and O–H groups in total. The fraction of sp³-hybridized carbons (Fsp3) is 0.467. The molecule has 2 aliphatic heterocycles. The predicted molar refractivity (Wildman–Crippen MR) is 80.1 cm³/mol. The molecular weight excluding hydrogens is 287 g/mol. The zero-order chi connectivity index (χ0) is 15.5. The molecule has 1 aromatic rings. The molecule has 2 aliphatic rings. The molecule has 6 nitrogen and oxygen atoms in total. The smallest absolute Gasteiger partial charge is 0.321 e. The summed E-state index contributed by atoms with van der Waals surface area (Å²) in [6.45, 7) is 2.55. The molecule has 3 rings (SSSR count). The van der Waals surface area contributed by atoms with E-state index in [4.69, 9.17) is 0 Å². The minimum Gasteiger partial charge on any atom is -0.336 e. The van der Waals surface area contributed by atoms with Crippen LogP contribution in [-0.2, 0) is 0 Å². The third-order valence-corrected chi connectivity index (χ3v) is 4.11. The predicted octanol–water partition coefficient (Wildman–Crippen LogP) is 1.85. The summed E-state index contributed by atoms with van der Waals surface area (Å²) in [5.41, 5.74) is 0.562. The number of halogens is 1. The van der Waals surface area contributed by atoms with E-state index >= 15 is 0 Å². The van der Waals surface area contributed by atoms with Gasteiger partial charge in [-0.05, 0) is 37.1 Å². The van der Waals surface area contributed by atoms with Gasteiger partial charge in [0.05, 0.1) is 6.04 Å². The number of piperidine rings is 1. The number of nitrogens with zero attached hydrogens (tertiary/aromatic N) is 2. The van der Waals surface area contributed by atoms with E-state index in [0.717, 1.165) is 12.8 Å². The van der Waals surface area contributed by atoms with Gasteiger partial charge >= 0.3 is 12.1 Å². The van der Waals surface area contributed by atoms with E-state index in [1.165, 1.54) is 24.3 Å². The summed E-state index contributed by atoms with van der Waals surface area (Å²) in [7, 11) is 0. The van der Waals surface area contributed by atoms with Crippen molar-refractivity contribution >= 4 is 17.7 Å². The van der Waals surface area contributed by atoms with Crippen LogP contribution in [0.3, 0.4) is 0 Å². The number of likely N-dealkylation sites (tertiary alicyclic amines) is 1. The molecule has 2 heterocycles. The number of carbonyl (C=O) groups excluding carboxylic acids is 2. The first kappa shape index (κ1) is 14.6. The number of urea groups is 2. The number of nitrogens with one attached hydrogen (secondary N) is 2. The lowest BCUT2D eigenvalue weighted by atomic mass is 10.0. The van der Waals surface area contributed by atoms with Crippen molar-refractivity contribution in [2.24, 2.45) is 0 Å². The van der Waals surface area contributed by atoms with Gasteiger partial charge in [-0.2, -0.15) is 0 Å². The van der Waals surface area contributed by atoms with Gasteiger partial charge in [0.15, 0.2) is 0 Å². The Kier molecular flexibility index (Phi) is 4.13. The molecule has 7 heteroatoms. The van der Waals surface area contributed by atoms with Crippen LogP contribution in [-0.4, -0.2) is 54.1 Å². The molecule has 22 heavy (non-hydrogen) atoms. The molecule has 0 radical (unpaired) electrons. The van der Waals surface area contributed by atoms with Crippen molar-refractivity contribution < 1.29 is 14.0 Å². The second-order valence-corrected chi connectivity index (χ2v) is 5.60. The van der Waals surface area contributed by atoms with Gasteiger partial charge in [0, 0.05) is 31.9 Å². The van der Waals surface area contributed by atoms with Gasteiger partial charge in [0.2, 0.25) is 0 Å². The molecule has 0 bridgehead atoms. The maximum atomic E-state index is 12.9. The Morgan fingerprint density at radius 2 is 2.05 bits per heavy atom. The average molecular weight is 306 g/mol. The summed E-state index contributed by atoms with van der Waals surface area (Å²) in [6.07, 6.45) is 1.78. The van der Waals surface area contributed by atoms with Crippen LogP contribution in [0.15, 0.2) is 24.3 Å². The summed E-state index contributed by atoms with van der Waals surface area (Å²) in [5, 5.41) is 5.55. The number of rotatable bonds is 2. The molecule has 2 saturated heterocycles. The highest BCUT2D eigenvalue weighted by atomic mass is 19.1. The highest BCUT2D eigenvalue weighted by molar-refractivity contribution is 5.89. The number of anilines is 1. The first-order valence-electron chi connectivity index (χ1n) is 7.49. The monoisotopic (exact) mass is 306 g/mol. The van der Waals surface area contributed by atoms with E-state index in [1.54, 1.807) is 9.80 Å². The molecule has 0 aliphatic carbocycles. The van der Waals surface area contributed by atoms with Crippen molar-refractivity contribution in [2.75, 3.05) is 31.5 Å². The third-order valence-electron chi connectivity index (χ3n) is 4.11. The van der Waals surface area contributed by atoms with Crippen LogP contribution in [0.2, 0.25) is 0 Å². The van der Waals surface area contributed by atoms with Crippen LogP contribution in [0.5, 0.6) is 0 Å². The van der Waals surface area contributed by atoms with Crippen molar-refractivity contribution in [2.45, 2.75) is 18.9 Å². The van der Waals surface area contributed by atoms with Crippen LogP contribution in [0.25, 0.3) is 0 Å². The second-order valence-electron chi connectivity index (χ2n) is 5.60. The van der Waals surface area contributed by atoms with Gasteiger partial charge in [-0.25, -0.2) is 14.0 Å². The van der Waals surface area contributed by atoms with Crippen LogP contribution in [0, 0.1) is 5.82 Å². The quantitative estimate of drug-likeness (QED) is 0.876. The fourth-order valence-electron chi connectivity index (χ4n) is 2.96. The summed E-state index contributed by atoms with van der Waals surface area (Å²) >= 11 is 0. The van der Waals surface area contributed by atoms with E-state index in [0.29, 0.717) is 31.9 Å². The molecule has 0 spiro atoms. The highest BCUT2D eigenvalue weighted by Crippen LogP contribution is 2.19. The lowest BCUT2D eigenvalue weighted by Crippen LogP contribution is -2.51. The van der Waals surface area contributed by atoms with Crippen LogP contribution in [0.1, 0.15) is 12.8 Å². The van der Waals surface area contributed by atoms with Gasteiger partial charge < -0.3 is 20.4 Å². The Hall–Kier alpha value is -2.31. The topological polar surface area (TPSA) is 64.7 Å². The summed E-state index contributed by atoms with van der Waals surface area (Å²) in [5.74, 6) is -0.337. The third kappa shape index (κ3) is 3.13. The Morgan fingerprint density at radius 3 is 2.73 bits per heavy atom. The van der Waals surface area contributed by atoms with Gasteiger partial charge in [-0.3, -0.25) is 0 Å². The number of hydrogen-bond acceptors (Lipinski definition) is 2. The molecule has 1 unspecified atom stereocenters. The Labute approximate surface area is 128 Å². The summed E-state index contributed by atoms with van der Waals surface area (Å²) < 4.78 is 12.9. The summed E-state index contributed by atoms with van der Waals surface area (Å²) in [6, 6.07) is 5.48. The Balaban J connectivity index is 1.60. The van der Waals surface area contributed by atoms with Crippen molar-refractivity contribution in [3.05, 3.63) is 30.1 Å². The summed E-state index contributed by atoms with van der Waals surface area (Å²) in [4.78, 5) is 27.5. The number of carbonyl (C=O) groups is 2. The first-order valence-corrected chi connectivity index (χ1v) is 7.49. The van der Waals surface area contributed by atoms with Gasteiger partial charge in [-0.15, -0.1) is 0 Å². The fourth-order valence-corrected chi connectivity index (χ4v) is 2.96. The maximum absolute atomic E-state index is 12.9. The molecule has 1 aromatic carbocycles. The Bertz CT molecular complexity index is 563. The van der Waals surface area contributed by atoms with Crippen LogP contribution >= 0.6 is 0 Å². The van der Waals surface area contributed by atoms with Crippen molar-refractivity contribution in [3.8, 4) is 0 Å². The molecule has 4 amide bonds. The van der Waals surface area contributed by atoms with Gasteiger partial charge in [0.1, 0.15) is 5.82 Å². The lowest BCUT2D eigenvalue weighted by Gasteiger charge is -2.36. The molecular formula is C15H19FN4O2. The zero-order valence-electron chi connectivity index (χ0n) is 12.2.